The van der Waals surface area contributed by atoms with Crippen molar-refractivity contribution in [3.05, 3.63) is 65.9 Å². The van der Waals surface area contributed by atoms with Gasteiger partial charge in [-0.3, -0.25) is 9.59 Å². The molecule has 33 heavy (non-hydrogen) atoms. The maximum Gasteiger partial charge on any atom is 0.252 e. The monoisotopic (exact) mass is 461 g/mol. The molecule has 0 radical (unpaired) electrons. The number of nitrogens with zero attached hydrogens (tertiary/aromatic N) is 4. The van der Waals surface area contributed by atoms with Crippen LogP contribution in [0.4, 0.5) is 11.5 Å². The lowest BCUT2D eigenvalue weighted by molar-refractivity contribution is -0.122. The maximum atomic E-state index is 13.4. The fourth-order valence-corrected chi connectivity index (χ4v) is 4.56. The van der Waals surface area contributed by atoms with Gasteiger partial charge in [0.05, 0.1) is 26.0 Å². The summed E-state index contributed by atoms with van der Waals surface area (Å²) in [4.78, 5) is 39.3. The highest BCUT2D eigenvalue weighted by Crippen LogP contribution is 2.37. The lowest BCUT2D eigenvalue weighted by Gasteiger charge is -2.43. The number of ether oxygens (including phenoxy) is 1. The number of aromatic nitrogens is 2. The number of rotatable bonds is 5. The van der Waals surface area contributed by atoms with Crippen molar-refractivity contribution in [3.8, 4) is 11.4 Å². The molecule has 0 spiro atoms. The van der Waals surface area contributed by atoms with Crippen LogP contribution in [0.15, 0.2) is 59.6 Å². The summed E-state index contributed by atoms with van der Waals surface area (Å²) >= 11 is 1.68. The summed E-state index contributed by atoms with van der Waals surface area (Å²) in [5.41, 5.74) is 8.21. The fourth-order valence-electron chi connectivity index (χ4n) is 4.16. The van der Waals surface area contributed by atoms with E-state index in [1.165, 1.54) is 4.90 Å². The molecule has 2 N–H and O–H groups in total. The van der Waals surface area contributed by atoms with Gasteiger partial charge in [-0.2, -0.15) is 0 Å². The first-order valence-corrected chi connectivity index (χ1v) is 11.8. The van der Waals surface area contributed by atoms with Crippen LogP contribution in [-0.4, -0.2) is 53.8 Å². The number of amides is 2. The third-order valence-corrected chi connectivity index (χ3v) is 6.64. The van der Waals surface area contributed by atoms with Gasteiger partial charge in [0, 0.05) is 22.6 Å². The van der Waals surface area contributed by atoms with Crippen molar-refractivity contribution in [1.82, 2.24) is 9.97 Å². The minimum Gasteiger partial charge on any atom is -0.377 e. The van der Waals surface area contributed by atoms with Gasteiger partial charge in [0.1, 0.15) is 11.7 Å². The highest BCUT2D eigenvalue weighted by Gasteiger charge is 2.41. The van der Waals surface area contributed by atoms with Crippen LogP contribution in [0.1, 0.15) is 15.9 Å². The molecule has 2 aliphatic heterocycles. The Labute approximate surface area is 195 Å². The van der Waals surface area contributed by atoms with Gasteiger partial charge in [-0.1, -0.05) is 24.3 Å². The Hall–Kier alpha value is -3.43. The van der Waals surface area contributed by atoms with Gasteiger partial charge in [0.2, 0.25) is 5.91 Å². The van der Waals surface area contributed by atoms with Crippen LogP contribution in [0.3, 0.4) is 0 Å². The Morgan fingerprint density at radius 2 is 2.06 bits per heavy atom. The molecule has 3 aromatic rings. The molecule has 1 aromatic heterocycles. The van der Waals surface area contributed by atoms with Crippen LogP contribution in [0.5, 0.6) is 0 Å². The van der Waals surface area contributed by atoms with Crippen LogP contribution in [0, 0.1) is 0 Å². The van der Waals surface area contributed by atoms with Crippen LogP contribution in [0.2, 0.25) is 0 Å². The zero-order valence-electron chi connectivity index (χ0n) is 18.1. The molecule has 1 unspecified atom stereocenters. The summed E-state index contributed by atoms with van der Waals surface area (Å²) in [6, 6.07) is 14.7. The highest BCUT2D eigenvalue weighted by atomic mass is 32.2. The third kappa shape index (κ3) is 4.05. The molecule has 3 heterocycles. The molecule has 1 saturated heterocycles. The highest BCUT2D eigenvalue weighted by molar-refractivity contribution is 7.98. The van der Waals surface area contributed by atoms with Crippen molar-refractivity contribution in [1.29, 1.82) is 0 Å². The van der Waals surface area contributed by atoms with Crippen LogP contribution < -0.4 is 15.5 Å². The van der Waals surface area contributed by atoms with E-state index in [2.05, 4.69) is 17.1 Å². The van der Waals surface area contributed by atoms with E-state index >= 15 is 0 Å². The SMILES string of the molecule is CSc1ccc(CN2C(=O)C3COCCN3c3nc(-c4cccc(C(N)=O)c4)ncc32)cc1. The second-order valence-corrected chi connectivity index (χ2v) is 8.78. The first-order valence-electron chi connectivity index (χ1n) is 10.6. The van der Waals surface area contributed by atoms with Crippen LogP contribution in [0.25, 0.3) is 11.4 Å². The smallest absolute Gasteiger partial charge is 0.252 e. The van der Waals surface area contributed by atoms with E-state index in [9.17, 15) is 9.59 Å². The van der Waals surface area contributed by atoms with E-state index in [1.807, 2.05) is 29.4 Å². The van der Waals surface area contributed by atoms with Crippen molar-refractivity contribution in [2.45, 2.75) is 17.5 Å². The number of primary amides is 1. The van der Waals surface area contributed by atoms with E-state index in [1.54, 1.807) is 41.1 Å². The lowest BCUT2D eigenvalue weighted by Crippen LogP contribution is -2.58. The van der Waals surface area contributed by atoms with Crippen molar-refractivity contribution < 1.29 is 14.3 Å². The molecule has 2 aliphatic rings. The first-order chi connectivity index (χ1) is 16.0. The molecular weight excluding hydrogens is 438 g/mol. The predicted molar refractivity (Wildman–Crippen MR) is 127 cm³/mol. The van der Waals surface area contributed by atoms with Crippen molar-refractivity contribution in [2.24, 2.45) is 5.73 Å². The maximum absolute atomic E-state index is 13.4. The number of fused-ring (bicyclic) bond motifs is 3. The molecule has 0 bridgehead atoms. The van der Waals surface area contributed by atoms with E-state index in [0.29, 0.717) is 54.8 Å². The zero-order valence-corrected chi connectivity index (χ0v) is 18.9. The molecule has 2 aromatic carbocycles. The molecule has 1 atom stereocenters. The van der Waals surface area contributed by atoms with E-state index < -0.39 is 11.9 Å². The number of thioether (sulfide) groups is 1. The summed E-state index contributed by atoms with van der Waals surface area (Å²) in [7, 11) is 0. The molecular formula is C24H23N5O3S. The summed E-state index contributed by atoms with van der Waals surface area (Å²) in [5.74, 6) is 0.634. The van der Waals surface area contributed by atoms with Gasteiger partial charge in [0.15, 0.2) is 11.6 Å². The number of hydrogen-bond acceptors (Lipinski definition) is 7. The first kappa shape index (κ1) is 21.4. The van der Waals surface area contributed by atoms with Crippen molar-refractivity contribution >= 4 is 35.1 Å². The second-order valence-electron chi connectivity index (χ2n) is 7.90. The number of nitrogens with two attached hydrogens (primary N) is 1. The molecule has 0 saturated carbocycles. The summed E-state index contributed by atoms with van der Waals surface area (Å²) in [5, 5.41) is 0. The predicted octanol–water partition coefficient (Wildman–Crippen LogP) is 2.72. The lowest BCUT2D eigenvalue weighted by atomic mass is 10.1. The minimum absolute atomic E-state index is 0.0248. The zero-order chi connectivity index (χ0) is 22.9. The fraction of sp³-hybridized carbons (Fsp3) is 0.250. The topological polar surface area (TPSA) is 102 Å². The number of hydrogen-bond donors (Lipinski definition) is 1. The molecule has 2 amide bonds. The van der Waals surface area contributed by atoms with Gasteiger partial charge >= 0.3 is 0 Å². The summed E-state index contributed by atoms with van der Waals surface area (Å²) in [6.45, 7) is 1.83. The Morgan fingerprint density at radius 1 is 1.24 bits per heavy atom. The standard InChI is InChI=1S/C24H23N5O3S/c1-33-18-7-5-15(6-8-18)13-29-19-12-26-22(17-4-2-3-16(11-17)21(25)30)27-23(19)28-9-10-32-14-20(28)24(29)31/h2-8,11-12,20H,9-10,13-14H2,1H3,(H2,25,30). The summed E-state index contributed by atoms with van der Waals surface area (Å²) < 4.78 is 5.62. The van der Waals surface area contributed by atoms with E-state index in [0.717, 1.165) is 5.56 Å². The normalized spacial score (nSPS) is 17.5. The van der Waals surface area contributed by atoms with Crippen molar-refractivity contribution in [2.75, 3.05) is 35.8 Å². The quantitative estimate of drug-likeness (QED) is 0.583. The third-order valence-electron chi connectivity index (χ3n) is 5.90. The van der Waals surface area contributed by atoms with Gasteiger partial charge < -0.3 is 20.3 Å². The molecule has 9 heteroatoms. The Morgan fingerprint density at radius 3 is 2.82 bits per heavy atom. The number of morpholine rings is 1. The van der Waals surface area contributed by atoms with E-state index in [4.69, 9.17) is 15.5 Å². The van der Waals surface area contributed by atoms with Gasteiger partial charge in [-0.15, -0.1) is 11.8 Å². The number of benzene rings is 2. The van der Waals surface area contributed by atoms with Gasteiger partial charge in [-0.05, 0) is 36.1 Å². The molecule has 0 aliphatic carbocycles. The number of carbonyl (C=O) groups excluding carboxylic acids is 2. The Balaban J connectivity index is 1.56. The minimum atomic E-state index is -0.507. The Kier molecular flexibility index (Phi) is 5.74. The Bertz CT molecular complexity index is 1220. The van der Waals surface area contributed by atoms with Gasteiger partial charge in [-0.25, -0.2) is 9.97 Å². The number of anilines is 2. The molecule has 5 rings (SSSR count). The largest absolute Gasteiger partial charge is 0.377 e. The summed E-state index contributed by atoms with van der Waals surface area (Å²) in [6.07, 6.45) is 3.72. The molecule has 1 fully saturated rings. The van der Waals surface area contributed by atoms with Crippen LogP contribution >= 0.6 is 11.8 Å². The second kappa shape index (κ2) is 8.84. The molecule has 168 valence electrons. The van der Waals surface area contributed by atoms with Crippen molar-refractivity contribution in [3.63, 3.8) is 0 Å². The molecule has 8 nitrogen and oxygen atoms in total. The average Bonchev–Trinajstić information content (AvgIpc) is 2.86. The average molecular weight is 462 g/mol. The van der Waals surface area contributed by atoms with Gasteiger partial charge in [0.25, 0.3) is 5.91 Å². The van der Waals surface area contributed by atoms with Crippen LogP contribution in [-0.2, 0) is 16.1 Å². The van der Waals surface area contributed by atoms with E-state index in [-0.39, 0.29) is 5.91 Å². The number of carbonyl (C=O) groups is 2.